The summed E-state index contributed by atoms with van der Waals surface area (Å²) in [6, 6.07) is 0. The minimum absolute atomic E-state index is 0.105. The zero-order valence-electron chi connectivity index (χ0n) is 13.6. The maximum absolute atomic E-state index is 12.2. The van der Waals surface area contributed by atoms with Gasteiger partial charge in [-0.3, -0.25) is 4.79 Å². The van der Waals surface area contributed by atoms with E-state index in [1.807, 2.05) is 0 Å². The molecule has 7 nitrogen and oxygen atoms in total. The van der Waals surface area contributed by atoms with Gasteiger partial charge in [-0.1, -0.05) is 6.92 Å². The minimum Gasteiger partial charge on any atom is -0.392 e. The van der Waals surface area contributed by atoms with E-state index in [9.17, 15) is 9.90 Å². The Bertz CT molecular complexity index is 929. The summed E-state index contributed by atoms with van der Waals surface area (Å²) in [6.45, 7) is 4.05. The van der Waals surface area contributed by atoms with Crippen molar-refractivity contribution in [1.29, 1.82) is 0 Å². The van der Waals surface area contributed by atoms with Crippen LogP contribution >= 0.6 is 11.3 Å². The molecule has 0 fully saturated rings. The van der Waals surface area contributed by atoms with Gasteiger partial charge in [0.15, 0.2) is 5.65 Å². The molecule has 0 aliphatic heterocycles. The van der Waals surface area contributed by atoms with Crippen LogP contribution in [0.1, 0.15) is 41.3 Å². The second kappa shape index (κ2) is 5.78. The second-order valence-corrected chi connectivity index (χ2v) is 7.62. The second-order valence-electron chi connectivity index (χ2n) is 6.54. The van der Waals surface area contributed by atoms with Gasteiger partial charge in [0.1, 0.15) is 11.2 Å². The monoisotopic (exact) mass is 345 g/mol. The van der Waals surface area contributed by atoms with Crippen molar-refractivity contribution in [2.45, 2.75) is 39.2 Å². The van der Waals surface area contributed by atoms with Crippen molar-refractivity contribution in [3.05, 3.63) is 22.6 Å². The highest BCUT2D eigenvalue weighted by molar-refractivity contribution is 7.19. The lowest BCUT2D eigenvalue weighted by molar-refractivity contribution is 0.0914. The molecule has 1 aliphatic carbocycles. The fraction of sp³-hybridized carbons (Fsp3) is 0.500. The van der Waals surface area contributed by atoms with Crippen molar-refractivity contribution in [2.75, 3.05) is 6.54 Å². The first kappa shape index (κ1) is 15.5. The van der Waals surface area contributed by atoms with E-state index >= 15 is 0 Å². The number of aromatic nitrogens is 4. The van der Waals surface area contributed by atoms with E-state index in [0.29, 0.717) is 11.6 Å². The van der Waals surface area contributed by atoms with Crippen LogP contribution in [-0.4, -0.2) is 43.2 Å². The third-order valence-electron chi connectivity index (χ3n) is 4.39. The number of carbonyl (C=O) groups is 1. The molecule has 8 heteroatoms. The fourth-order valence-electron chi connectivity index (χ4n) is 3.16. The van der Waals surface area contributed by atoms with Crippen molar-refractivity contribution in [1.82, 2.24) is 24.9 Å². The first-order chi connectivity index (χ1) is 11.5. The number of aliphatic hydroxyl groups is 1. The molecular weight excluding hydrogens is 326 g/mol. The molecule has 0 saturated heterocycles. The summed E-state index contributed by atoms with van der Waals surface area (Å²) in [7, 11) is 0. The molecule has 3 aromatic rings. The van der Waals surface area contributed by atoms with Crippen molar-refractivity contribution in [3.63, 3.8) is 0 Å². The van der Waals surface area contributed by atoms with Crippen LogP contribution in [0.5, 0.6) is 0 Å². The summed E-state index contributed by atoms with van der Waals surface area (Å²) >= 11 is 1.72. The normalized spacial score (nSPS) is 18.7. The Morgan fingerprint density at radius 2 is 2.42 bits per heavy atom. The number of carbonyl (C=O) groups excluding carboxylic acids is 1. The largest absolute Gasteiger partial charge is 0.392 e. The van der Waals surface area contributed by atoms with Crippen LogP contribution < -0.4 is 5.32 Å². The highest BCUT2D eigenvalue weighted by Crippen LogP contribution is 2.38. The highest BCUT2D eigenvalue weighted by atomic mass is 32.1. The number of nitrogens with one attached hydrogen (secondary N) is 1. The molecule has 0 aromatic carbocycles. The van der Waals surface area contributed by atoms with Gasteiger partial charge in [-0.05, 0) is 37.7 Å². The molecule has 126 valence electrons. The summed E-state index contributed by atoms with van der Waals surface area (Å²) in [5, 5.41) is 17.2. The molecule has 0 saturated carbocycles. The van der Waals surface area contributed by atoms with Gasteiger partial charge in [-0.25, -0.2) is 14.5 Å². The van der Waals surface area contributed by atoms with Gasteiger partial charge in [0.25, 0.3) is 5.91 Å². The van der Waals surface area contributed by atoms with Gasteiger partial charge in [-0.15, -0.1) is 16.4 Å². The average Bonchev–Trinajstić information content (AvgIpc) is 3.12. The molecule has 0 spiro atoms. The lowest BCUT2D eigenvalue weighted by atomic mass is 9.89. The Hall–Kier alpha value is -2.06. The lowest BCUT2D eigenvalue weighted by Gasteiger charge is -2.17. The van der Waals surface area contributed by atoms with E-state index in [1.165, 1.54) is 16.9 Å². The molecule has 2 atom stereocenters. The maximum atomic E-state index is 12.2. The third-order valence-corrected chi connectivity index (χ3v) is 5.59. The molecule has 0 radical (unpaired) electrons. The molecular formula is C16H19N5O2S. The highest BCUT2D eigenvalue weighted by Gasteiger charge is 2.24. The zero-order chi connectivity index (χ0) is 16.8. The molecule has 2 N–H and O–H groups in total. The van der Waals surface area contributed by atoms with Crippen LogP contribution in [0, 0.1) is 5.92 Å². The first-order valence-corrected chi connectivity index (χ1v) is 8.96. The maximum Gasteiger partial charge on any atom is 0.291 e. The average molecular weight is 345 g/mol. The van der Waals surface area contributed by atoms with Gasteiger partial charge in [0.05, 0.1) is 11.5 Å². The predicted octanol–water partition coefficient (Wildman–Crippen LogP) is 1.57. The number of thiophene rings is 1. The number of amides is 1. The van der Waals surface area contributed by atoms with Crippen LogP contribution in [-0.2, 0) is 12.8 Å². The van der Waals surface area contributed by atoms with Crippen LogP contribution in [0.25, 0.3) is 15.9 Å². The third kappa shape index (κ3) is 2.55. The minimum atomic E-state index is -0.607. The Kier molecular flexibility index (Phi) is 3.73. The Morgan fingerprint density at radius 3 is 3.21 bits per heavy atom. The van der Waals surface area contributed by atoms with Crippen LogP contribution in [0.3, 0.4) is 0 Å². The number of fused-ring (bicyclic) bond motifs is 5. The van der Waals surface area contributed by atoms with E-state index in [4.69, 9.17) is 0 Å². The van der Waals surface area contributed by atoms with Crippen molar-refractivity contribution in [3.8, 4) is 0 Å². The molecule has 24 heavy (non-hydrogen) atoms. The first-order valence-electron chi connectivity index (χ1n) is 8.15. The van der Waals surface area contributed by atoms with Gasteiger partial charge < -0.3 is 10.4 Å². The van der Waals surface area contributed by atoms with Crippen molar-refractivity contribution >= 4 is 33.1 Å². The predicted molar refractivity (Wildman–Crippen MR) is 91.4 cm³/mol. The van der Waals surface area contributed by atoms with Crippen LogP contribution in [0.2, 0.25) is 0 Å². The summed E-state index contributed by atoms with van der Waals surface area (Å²) < 4.78 is 1.58. The quantitative estimate of drug-likeness (QED) is 0.752. The molecule has 0 bridgehead atoms. The number of hydrogen-bond donors (Lipinski definition) is 2. The van der Waals surface area contributed by atoms with E-state index in [0.717, 1.165) is 23.1 Å². The van der Waals surface area contributed by atoms with E-state index < -0.39 is 6.10 Å². The summed E-state index contributed by atoms with van der Waals surface area (Å²) in [4.78, 5) is 23.4. The molecule has 3 heterocycles. The fourth-order valence-corrected chi connectivity index (χ4v) is 4.34. The molecule has 4 rings (SSSR count). The lowest BCUT2D eigenvalue weighted by Crippen LogP contribution is -2.31. The summed E-state index contributed by atoms with van der Waals surface area (Å²) in [6.07, 6.45) is 4.31. The molecule has 0 unspecified atom stereocenters. The Morgan fingerprint density at radius 1 is 1.58 bits per heavy atom. The molecule has 1 amide bonds. The number of rotatable bonds is 3. The number of aliphatic hydroxyl groups excluding tert-OH is 1. The Labute approximate surface area is 142 Å². The number of hydrogen-bond acceptors (Lipinski definition) is 6. The van der Waals surface area contributed by atoms with Gasteiger partial charge in [0.2, 0.25) is 5.82 Å². The van der Waals surface area contributed by atoms with Crippen LogP contribution in [0.15, 0.2) is 6.33 Å². The summed E-state index contributed by atoms with van der Waals surface area (Å²) in [5.41, 5.74) is 2.00. The number of nitrogens with zero attached hydrogens (tertiary/aromatic N) is 4. The van der Waals surface area contributed by atoms with Gasteiger partial charge in [-0.2, -0.15) is 0 Å². The summed E-state index contributed by atoms with van der Waals surface area (Å²) in [5.74, 6) is 0.367. The van der Waals surface area contributed by atoms with E-state index in [1.54, 1.807) is 29.1 Å². The van der Waals surface area contributed by atoms with Gasteiger partial charge >= 0.3 is 0 Å². The van der Waals surface area contributed by atoms with Crippen molar-refractivity contribution < 1.29 is 9.90 Å². The van der Waals surface area contributed by atoms with Crippen LogP contribution in [0.4, 0.5) is 0 Å². The molecule has 1 aliphatic rings. The standard InChI is InChI=1S/C16H19N5O2S/c1-8-3-4-11-10(5-8)12-14-19-13(15(23)17-6-9(2)22)20-21(14)7-18-16(12)24-11/h7-9,22H,3-6H2,1-2H3,(H,17,23)/t8-,9+/m0/s1. The topological polar surface area (TPSA) is 92.4 Å². The van der Waals surface area contributed by atoms with Crippen molar-refractivity contribution in [2.24, 2.45) is 5.92 Å². The van der Waals surface area contributed by atoms with E-state index in [-0.39, 0.29) is 18.3 Å². The SMILES string of the molecule is C[C@H]1CCc2sc3ncn4nc(C(=O)NC[C@@H](C)O)nc4c3c2C1. The smallest absolute Gasteiger partial charge is 0.291 e. The van der Waals surface area contributed by atoms with E-state index in [2.05, 4.69) is 27.3 Å². The molecule has 3 aromatic heterocycles. The Balaban J connectivity index is 1.80. The van der Waals surface area contributed by atoms with Gasteiger partial charge in [0, 0.05) is 11.4 Å². The number of aryl methyl sites for hydroxylation is 1. The zero-order valence-corrected chi connectivity index (χ0v) is 14.4.